The lowest BCUT2D eigenvalue weighted by Gasteiger charge is -2.23. The molecule has 166 valence electrons. The van der Waals surface area contributed by atoms with Crippen molar-refractivity contribution >= 4 is 23.6 Å². The molecule has 8 heteroatoms. The molecule has 33 heavy (non-hydrogen) atoms. The molecule has 1 saturated heterocycles. The summed E-state index contributed by atoms with van der Waals surface area (Å²) >= 11 is 1.58. The van der Waals surface area contributed by atoms with Crippen LogP contribution in [-0.2, 0) is 17.9 Å². The Labute approximate surface area is 195 Å². The molecule has 7 nitrogen and oxygen atoms in total. The van der Waals surface area contributed by atoms with Crippen LogP contribution in [0.2, 0.25) is 0 Å². The number of nitrogens with zero attached hydrogens (tertiary/aromatic N) is 3. The van der Waals surface area contributed by atoms with Gasteiger partial charge in [0.1, 0.15) is 11.1 Å². The fourth-order valence-electron chi connectivity index (χ4n) is 3.86. The van der Waals surface area contributed by atoms with Crippen molar-refractivity contribution in [3.63, 3.8) is 0 Å². The summed E-state index contributed by atoms with van der Waals surface area (Å²) in [6.07, 6.45) is 6.95. The van der Waals surface area contributed by atoms with Gasteiger partial charge in [0.05, 0.1) is 30.6 Å². The van der Waals surface area contributed by atoms with Crippen molar-refractivity contribution in [2.45, 2.75) is 18.5 Å². The van der Waals surface area contributed by atoms with Gasteiger partial charge in [-0.3, -0.25) is 9.59 Å². The molecule has 1 N–H and O–H groups in total. The van der Waals surface area contributed by atoms with Crippen LogP contribution in [-0.4, -0.2) is 32.0 Å². The largest absolute Gasteiger partial charge is 0.467 e. The smallest absolute Gasteiger partial charge is 0.251 e. The van der Waals surface area contributed by atoms with E-state index in [1.165, 1.54) is 0 Å². The van der Waals surface area contributed by atoms with Crippen LogP contribution < -0.4 is 5.32 Å². The summed E-state index contributed by atoms with van der Waals surface area (Å²) < 4.78 is 7.33. The maximum atomic E-state index is 12.8. The number of rotatable bonds is 7. The fourth-order valence-corrected chi connectivity index (χ4v) is 5.05. The van der Waals surface area contributed by atoms with E-state index in [1.807, 2.05) is 64.2 Å². The molecular formula is C25H22N4O3S. The number of imidazole rings is 1. The summed E-state index contributed by atoms with van der Waals surface area (Å²) in [5.74, 6) is 1.12. The van der Waals surface area contributed by atoms with Gasteiger partial charge in [-0.1, -0.05) is 30.3 Å². The summed E-state index contributed by atoms with van der Waals surface area (Å²) in [5.41, 5.74) is 3.53. The molecule has 0 spiro atoms. The molecule has 2 aromatic heterocycles. The summed E-state index contributed by atoms with van der Waals surface area (Å²) in [4.78, 5) is 31.1. The summed E-state index contributed by atoms with van der Waals surface area (Å²) in [7, 11) is 0. The average molecular weight is 459 g/mol. The van der Waals surface area contributed by atoms with Crippen molar-refractivity contribution < 1.29 is 14.0 Å². The Morgan fingerprint density at radius 3 is 2.73 bits per heavy atom. The predicted molar refractivity (Wildman–Crippen MR) is 126 cm³/mol. The standard InChI is InChI=1S/C25H22N4O3S/c30-23-16-33-25(29(23)15-21-5-3-13-32-21)19-9-7-18(8-10-19)24(31)27-14-20-4-1-2-6-22(20)28-12-11-26-17-28/h1-13,17,25H,14-16H2,(H,27,31)/t25-/m0/s1. The maximum Gasteiger partial charge on any atom is 0.251 e. The van der Waals surface area contributed by atoms with Crippen LogP contribution in [0.3, 0.4) is 0 Å². The van der Waals surface area contributed by atoms with Gasteiger partial charge in [0, 0.05) is 24.5 Å². The Hall–Kier alpha value is -3.78. The van der Waals surface area contributed by atoms with Gasteiger partial charge in [-0.25, -0.2) is 4.98 Å². The van der Waals surface area contributed by atoms with Crippen molar-refractivity contribution in [1.82, 2.24) is 19.8 Å². The van der Waals surface area contributed by atoms with E-state index >= 15 is 0 Å². The SMILES string of the molecule is O=C(NCc1ccccc1-n1ccnc1)c1ccc([C@@H]2SCC(=O)N2Cc2ccco2)cc1. The van der Waals surface area contributed by atoms with Crippen LogP contribution in [0.5, 0.6) is 0 Å². The molecule has 0 bridgehead atoms. The third kappa shape index (κ3) is 4.56. The number of hydrogen-bond donors (Lipinski definition) is 1. The minimum Gasteiger partial charge on any atom is -0.467 e. The molecule has 1 atom stereocenters. The van der Waals surface area contributed by atoms with Gasteiger partial charge in [0.25, 0.3) is 5.91 Å². The molecule has 1 aliphatic rings. The fraction of sp³-hybridized carbons (Fsp3) is 0.160. The first-order valence-electron chi connectivity index (χ1n) is 10.6. The first-order chi connectivity index (χ1) is 16.2. The first kappa shape index (κ1) is 21.1. The number of aromatic nitrogens is 2. The predicted octanol–water partition coefficient (Wildman–Crippen LogP) is 4.17. The molecule has 0 saturated carbocycles. The van der Waals surface area contributed by atoms with Gasteiger partial charge in [-0.15, -0.1) is 11.8 Å². The second kappa shape index (κ2) is 9.38. The zero-order valence-corrected chi connectivity index (χ0v) is 18.6. The Morgan fingerprint density at radius 1 is 1.12 bits per heavy atom. The Morgan fingerprint density at radius 2 is 1.97 bits per heavy atom. The number of hydrogen-bond acceptors (Lipinski definition) is 5. The van der Waals surface area contributed by atoms with E-state index in [1.54, 1.807) is 42.7 Å². The quantitative estimate of drug-likeness (QED) is 0.450. The van der Waals surface area contributed by atoms with E-state index in [0.29, 0.717) is 24.4 Å². The summed E-state index contributed by atoms with van der Waals surface area (Å²) in [5, 5.41) is 2.90. The van der Waals surface area contributed by atoms with Crippen molar-refractivity contribution in [2.24, 2.45) is 0 Å². The molecule has 1 aliphatic heterocycles. The maximum absolute atomic E-state index is 12.8. The Kier molecular flexibility index (Phi) is 5.99. The number of carbonyl (C=O) groups is 2. The summed E-state index contributed by atoms with van der Waals surface area (Å²) in [6.45, 7) is 0.834. The third-order valence-electron chi connectivity index (χ3n) is 5.55. The normalized spacial score (nSPS) is 15.7. The highest BCUT2D eigenvalue weighted by Crippen LogP contribution is 2.39. The number of furan rings is 1. The van der Waals surface area contributed by atoms with Crippen molar-refractivity contribution in [3.8, 4) is 5.69 Å². The molecule has 3 heterocycles. The van der Waals surface area contributed by atoms with Crippen molar-refractivity contribution in [3.05, 3.63) is 108 Å². The van der Waals surface area contributed by atoms with E-state index in [4.69, 9.17) is 4.42 Å². The van der Waals surface area contributed by atoms with Crippen LogP contribution in [0, 0.1) is 0 Å². The number of carbonyl (C=O) groups excluding carboxylic acids is 2. The monoisotopic (exact) mass is 458 g/mol. The second-order valence-electron chi connectivity index (χ2n) is 7.67. The molecule has 0 unspecified atom stereocenters. The topological polar surface area (TPSA) is 80.4 Å². The number of nitrogens with one attached hydrogen (secondary N) is 1. The molecule has 2 aromatic carbocycles. The van der Waals surface area contributed by atoms with Gasteiger partial charge >= 0.3 is 0 Å². The van der Waals surface area contributed by atoms with Crippen LogP contribution in [0.1, 0.15) is 32.6 Å². The van der Waals surface area contributed by atoms with Crippen LogP contribution in [0.15, 0.2) is 90.1 Å². The number of para-hydroxylation sites is 1. The minimum absolute atomic E-state index is 0.0831. The highest BCUT2D eigenvalue weighted by molar-refractivity contribution is 8.00. The van der Waals surface area contributed by atoms with Crippen molar-refractivity contribution in [1.29, 1.82) is 0 Å². The Bertz CT molecular complexity index is 1240. The highest BCUT2D eigenvalue weighted by Gasteiger charge is 2.33. The molecular weight excluding hydrogens is 436 g/mol. The van der Waals surface area contributed by atoms with E-state index in [2.05, 4.69) is 10.3 Å². The average Bonchev–Trinajstić information content (AvgIpc) is 3.62. The minimum atomic E-state index is -0.149. The van der Waals surface area contributed by atoms with Gasteiger partial charge in [-0.05, 0) is 41.5 Å². The van der Waals surface area contributed by atoms with Crippen LogP contribution >= 0.6 is 11.8 Å². The lowest BCUT2D eigenvalue weighted by molar-refractivity contribution is -0.128. The third-order valence-corrected chi connectivity index (χ3v) is 6.80. The number of thioether (sulfide) groups is 1. The molecule has 4 aromatic rings. The molecule has 0 aliphatic carbocycles. The lowest BCUT2D eigenvalue weighted by Crippen LogP contribution is -2.27. The first-order valence-corrected chi connectivity index (χ1v) is 11.6. The Balaban J connectivity index is 1.25. The van der Waals surface area contributed by atoms with Gasteiger partial charge in [0.15, 0.2) is 0 Å². The second-order valence-corrected chi connectivity index (χ2v) is 8.74. The number of amides is 2. The van der Waals surface area contributed by atoms with E-state index in [-0.39, 0.29) is 17.2 Å². The van der Waals surface area contributed by atoms with Crippen LogP contribution in [0.25, 0.3) is 5.69 Å². The molecule has 1 fully saturated rings. The van der Waals surface area contributed by atoms with E-state index in [0.717, 1.165) is 22.6 Å². The van der Waals surface area contributed by atoms with Gasteiger partial charge < -0.3 is 19.2 Å². The number of benzene rings is 2. The van der Waals surface area contributed by atoms with Crippen molar-refractivity contribution in [2.75, 3.05) is 5.75 Å². The highest BCUT2D eigenvalue weighted by atomic mass is 32.2. The summed E-state index contributed by atoms with van der Waals surface area (Å²) in [6, 6.07) is 19.0. The van der Waals surface area contributed by atoms with E-state index < -0.39 is 0 Å². The zero-order valence-electron chi connectivity index (χ0n) is 17.8. The zero-order chi connectivity index (χ0) is 22.6. The molecule has 2 amide bonds. The van der Waals surface area contributed by atoms with Crippen LogP contribution in [0.4, 0.5) is 0 Å². The van der Waals surface area contributed by atoms with Gasteiger partial charge in [-0.2, -0.15) is 0 Å². The van der Waals surface area contributed by atoms with Gasteiger partial charge in [0.2, 0.25) is 5.91 Å². The molecule has 5 rings (SSSR count). The lowest BCUT2D eigenvalue weighted by atomic mass is 10.1. The van der Waals surface area contributed by atoms with E-state index in [9.17, 15) is 9.59 Å². The molecule has 0 radical (unpaired) electrons.